The highest BCUT2D eigenvalue weighted by molar-refractivity contribution is 5.10. The summed E-state index contributed by atoms with van der Waals surface area (Å²) in [5.74, 6) is 2.79. The Balaban J connectivity index is 1.27. The second kappa shape index (κ2) is 4.64. The molecule has 1 N–H and O–H groups in total. The molecule has 18 heavy (non-hydrogen) atoms. The van der Waals surface area contributed by atoms with Crippen LogP contribution in [0.1, 0.15) is 38.5 Å². The fourth-order valence-corrected chi connectivity index (χ4v) is 4.86. The molecule has 0 amide bonds. The standard InChI is InChI=1S/C16H26N2/c1-2-16-10-15(5-7-18(16)6-1)17-11-14-9-12-3-4-13(14)8-12/h3-4,12-17H,1-2,5-11H2. The van der Waals surface area contributed by atoms with Crippen LogP contribution in [-0.4, -0.2) is 36.6 Å². The number of nitrogens with one attached hydrogen (secondary N) is 1. The maximum absolute atomic E-state index is 3.90. The van der Waals surface area contributed by atoms with E-state index in [9.17, 15) is 0 Å². The first-order chi connectivity index (χ1) is 8.88. The lowest BCUT2D eigenvalue weighted by Gasteiger charge is -2.36. The molecule has 3 fully saturated rings. The molecule has 5 unspecified atom stereocenters. The zero-order chi connectivity index (χ0) is 11.9. The SMILES string of the molecule is C1=CC2CC1CC2CNC1CCN2CCCC2C1. The summed E-state index contributed by atoms with van der Waals surface area (Å²) in [5, 5.41) is 3.90. The topological polar surface area (TPSA) is 15.3 Å². The summed E-state index contributed by atoms with van der Waals surface area (Å²) in [6.07, 6.45) is 13.5. The molecule has 0 aromatic rings. The molecule has 4 aliphatic rings. The van der Waals surface area contributed by atoms with Gasteiger partial charge in [0.1, 0.15) is 0 Å². The zero-order valence-corrected chi connectivity index (χ0v) is 11.4. The largest absolute Gasteiger partial charge is 0.314 e. The Morgan fingerprint density at radius 3 is 2.89 bits per heavy atom. The highest BCUT2D eigenvalue weighted by Gasteiger charge is 2.36. The van der Waals surface area contributed by atoms with Crippen LogP contribution < -0.4 is 5.32 Å². The molecule has 0 aromatic carbocycles. The van der Waals surface area contributed by atoms with Gasteiger partial charge in [0.15, 0.2) is 0 Å². The van der Waals surface area contributed by atoms with Crippen LogP contribution in [0, 0.1) is 17.8 Å². The van der Waals surface area contributed by atoms with E-state index in [1.807, 2.05) is 0 Å². The average Bonchev–Trinajstić information content (AvgIpc) is 3.11. The molecule has 0 radical (unpaired) electrons. The fraction of sp³-hybridized carbons (Fsp3) is 0.875. The molecule has 2 saturated heterocycles. The van der Waals surface area contributed by atoms with E-state index in [-0.39, 0.29) is 0 Å². The highest BCUT2D eigenvalue weighted by atomic mass is 15.2. The first-order valence-corrected chi connectivity index (χ1v) is 8.04. The van der Waals surface area contributed by atoms with Gasteiger partial charge in [-0.3, -0.25) is 0 Å². The van der Waals surface area contributed by atoms with Gasteiger partial charge in [0.25, 0.3) is 0 Å². The van der Waals surface area contributed by atoms with Crippen LogP contribution in [0.5, 0.6) is 0 Å². The molecule has 2 aliphatic carbocycles. The Hall–Kier alpha value is -0.340. The Bertz CT molecular complexity index is 338. The van der Waals surface area contributed by atoms with Gasteiger partial charge in [0.05, 0.1) is 0 Å². The summed E-state index contributed by atoms with van der Waals surface area (Å²) >= 11 is 0. The van der Waals surface area contributed by atoms with Crippen molar-refractivity contribution in [2.45, 2.75) is 50.6 Å². The molecule has 5 atom stereocenters. The van der Waals surface area contributed by atoms with Gasteiger partial charge in [0.2, 0.25) is 0 Å². The van der Waals surface area contributed by atoms with Crippen molar-refractivity contribution in [1.82, 2.24) is 10.2 Å². The summed E-state index contributed by atoms with van der Waals surface area (Å²) < 4.78 is 0. The third kappa shape index (κ3) is 2.04. The molecule has 2 bridgehead atoms. The summed E-state index contributed by atoms with van der Waals surface area (Å²) in [6, 6.07) is 1.73. The molecule has 2 heteroatoms. The van der Waals surface area contributed by atoms with Gasteiger partial charge in [-0.15, -0.1) is 0 Å². The van der Waals surface area contributed by atoms with Crippen LogP contribution in [-0.2, 0) is 0 Å². The summed E-state index contributed by atoms with van der Waals surface area (Å²) in [5.41, 5.74) is 0. The zero-order valence-electron chi connectivity index (χ0n) is 11.4. The van der Waals surface area contributed by atoms with Crippen LogP contribution in [0.15, 0.2) is 12.2 Å². The van der Waals surface area contributed by atoms with E-state index in [2.05, 4.69) is 22.4 Å². The van der Waals surface area contributed by atoms with Gasteiger partial charge in [-0.1, -0.05) is 12.2 Å². The first kappa shape index (κ1) is 11.5. The number of piperidine rings is 1. The molecular formula is C16H26N2. The number of rotatable bonds is 3. The van der Waals surface area contributed by atoms with Crippen molar-refractivity contribution >= 4 is 0 Å². The molecular weight excluding hydrogens is 220 g/mol. The fourth-order valence-electron chi connectivity index (χ4n) is 4.86. The third-order valence-corrected chi connectivity index (χ3v) is 5.91. The van der Waals surface area contributed by atoms with Crippen LogP contribution >= 0.6 is 0 Å². The van der Waals surface area contributed by atoms with E-state index >= 15 is 0 Å². The van der Waals surface area contributed by atoms with Crippen molar-refractivity contribution in [3.05, 3.63) is 12.2 Å². The molecule has 1 saturated carbocycles. The summed E-state index contributed by atoms with van der Waals surface area (Å²) in [4.78, 5) is 2.72. The van der Waals surface area contributed by atoms with Crippen molar-refractivity contribution in [2.24, 2.45) is 17.8 Å². The second-order valence-electron chi connectivity index (χ2n) is 7.00. The predicted molar refractivity (Wildman–Crippen MR) is 74.5 cm³/mol. The second-order valence-corrected chi connectivity index (χ2v) is 7.00. The number of nitrogens with zero attached hydrogens (tertiary/aromatic N) is 1. The minimum atomic E-state index is 0.812. The maximum atomic E-state index is 3.90. The van der Waals surface area contributed by atoms with Crippen molar-refractivity contribution in [3.63, 3.8) is 0 Å². The van der Waals surface area contributed by atoms with Crippen molar-refractivity contribution in [1.29, 1.82) is 0 Å². The van der Waals surface area contributed by atoms with E-state index in [4.69, 9.17) is 0 Å². The average molecular weight is 246 g/mol. The quantitative estimate of drug-likeness (QED) is 0.769. The van der Waals surface area contributed by atoms with E-state index in [0.29, 0.717) is 0 Å². The molecule has 4 rings (SSSR count). The molecule has 0 spiro atoms. The normalized spacial score (nSPS) is 46.8. The maximum Gasteiger partial charge on any atom is 0.0111 e. The number of hydrogen-bond donors (Lipinski definition) is 1. The minimum absolute atomic E-state index is 0.812. The lowest BCUT2D eigenvalue weighted by atomic mass is 9.92. The van der Waals surface area contributed by atoms with E-state index in [1.165, 1.54) is 58.2 Å². The number of allylic oxidation sites excluding steroid dienone is 2. The van der Waals surface area contributed by atoms with Crippen molar-refractivity contribution in [2.75, 3.05) is 19.6 Å². The molecule has 0 aromatic heterocycles. The smallest absolute Gasteiger partial charge is 0.0111 e. The Morgan fingerprint density at radius 2 is 2.06 bits per heavy atom. The van der Waals surface area contributed by atoms with E-state index < -0.39 is 0 Å². The van der Waals surface area contributed by atoms with Gasteiger partial charge < -0.3 is 10.2 Å². The molecule has 100 valence electrons. The third-order valence-electron chi connectivity index (χ3n) is 5.91. The summed E-state index contributed by atoms with van der Waals surface area (Å²) in [6.45, 7) is 4.00. The van der Waals surface area contributed by atoms with Crippen LogP contribution in [0.4, 0.5) is 0 Å². The van der Waals surface area contributed by atoms with Gasteiger partial charge in [-0.05, 0) is 75.9 Å². The van der Waals surface area contributed by atoms with E-state index in [0.717, 1.165) is 29.8 Å². The van der Waals surface area contributed by atoms with Gasteiger partial charge >= 0.3 is 0 Å². The predicted octanol–water partition coefficient (Wildman–Crippen LogP) is 2.42. The van der Waals surface area contributed by atoms with Gasteiger partial charge in [0, 0.05) is 12.1 Å². The van der Waals surface area contributed by atoms with Crippen LogP contribution in [0.2, 0.25) is 0 Å². The monoisotopic (exact) mass is 246 g/mol. The Morgan fingerprint density at radius 1 is 1.06 bits per heavy atom. The van der Waals surface area contributed by atoms with Gasteiger partial charge in [-0.2, -0.15) is 0 Å². The minimum Gasteiger partial charge on any atom is -0.314 e. The molecule has 2 heterocycles. The number of fused-ring (bicyclic) bond motifs is 3. The van der Waals surface area contributed by atoms with Crippen molar-refractivity contribution in [3.8, 4) is 0 Å². The highest BCUT2D eigenvalue weighted by Crippen LogP contribution is 2.43. The van der Waals surface area contributed by atoms with Crippen molar-refractivity contribution < 1.29 is 0 Å². The van der Waals surface area contributed by atoms with Crippen LogP contribution in [0.25, 0.3) is 0 Å². The summed E-state index contributed by atoms with van der Waals surface area (Å²) in [7, 11) is 0. The van der Waals surface area contributed by atoms with Gasteiger partial charge in [-0.25, -0.2) is 0 Å². The molecule has 2 aliphatic heterocycles. The van der Waals surface area contributed by atoms with E-state index in [1.54, 1.807) is 0 Å². The van der Waals surface area contributed by atoms with Crippen LogP contribution in [0.3, 0.4) is 0 Å². The Labute approximate surface area is 111 Å². The number of hydrogen-bond acceptors (Lipinski definition) is 2. The molecule has 2 nitrogen and oxygen atoms in total. The Kier molecular flexibility index (Phi) is 2.96. The lowest BCUT2D eigenvalue weighted by molar-refractivity contribution is 0.163. The first-order valence-electron chi connectivity index (χ1n) is 8.04. The lowest BCUT2D eigenvalue weighted by Crippen LogP contribution is -2.46.